The van der Waals surface area contributed by atoms with Gasteiger partial charge in [-0.2, -0.15) is 0 Å². The predicted octanol–water partition coefficient (Wildman–Crippen LogP) is 1.17. The molecule has 19 heavy (non-hydrogen) atoms. The highest BCUT2D eigenvalue weighted by molar-refractivity contribution is 4.84. The van der Waals surface area contributed by atoms with Crippen molar-refractivity contribution in [3.05, 3.63) is 0 Å². The van der Waals surface area contributed by atoms with Gasteiger partial charge in [0.15, 0.2) is 0 Å². The van der Waals surface area contributed by atoms with Gasteiger partial charge in [-0.15, -0.1) is 0 Å². The lowest BCUT2D eigenvalue weighted by Crippen LogP contribution is -2.44. The molecule has 1 N–H and O–H groups in total. The van der Waals surface area contributed by atoms with Crippen LogP contribution in [0.4, 0.5) is 0 Å². The molecule has 0 radical (unpaired) electrons. The summed E-state index contributed by atoms with van der Waals surface area (Å²) in [5, 5.41) is 3.58. The number of rotatable bonds is 7. The van der Waals surface area contributed by atoms with Crippen LogP contribution in [0.1, 0.15) is 33.1 Å². The molecule has 2 rings (SSSR count). The molecule has 2 aliphatic heterocycles. The van der Waals surface area contributed by atoms with E-state index in [1.165, 1.54) is 38.9 Å². The van der Waals surface area contributed by atoms with Crippen molar-refractivity contribution >= 4 is 0 Å². The summed E-state index contributed by atoms with van der Waals surface area (Å²) in [5.41, 5.74) is 0. The Kier molecular flexibility index (Phi) is 6.57. The van der Waals surface area contributed by atoms with Gasteiger partial charge < -0.3 is 15.0 Å². The highest BCUT2D eigenvalue weighted by Crippen LogP contribution is 2.17. The van der Waals surface area contributed by atoms with Crippen molar-refractivity contribution in [1.82, 2.24) is 15.1 Å². The zero-order valence-electron chi connectivity index (χ0n) is 12.7. The summed E-state index contributed by atoms with van der Waals surface area (Å²) in [6.45, 7) is 13.6. The van der Waals surface area contributed by atoms with Crippen LogP contribution in [-0.2, 0) is 4.74 Å². The Morgan fingerprint density at radius 3 is 2.79 bits per heavy atom. The Morgan fingerprint density at radius 2 is 2.05 bits per heavy atom. The monoisotopic (exact) mass is 269 g/mol. The Balaban J connectivity index is 1.61. The fourth-order valence-electron chi connectivity index (χ4n) is 3.12. The number of ether oxygens (including phenoxy) is 1. The molecule has 0 spiro atoms. The maximum Gasteiger partial charge on any atom is 0.0594 e. The van der Waals surface area contributed by atoms with Crippen LogP contribution < -0.4 is 5.32 Å². The number of nitrogens with zero attached hydrogens (tertiary/aromatic N) is 2. The quantitative estimate of drug-likeness (QED) is 0.751. The van der Waals surface area contributed by atoms with Crippen LogP contribution in [0.15, 0.2) is 0 Å². The molecule has 2 saturated heterocycles. The molecule has 0 saturated carbocycles. The average Bonchev–Trinajstić information content (AvgIpc) is 2.93. The van der Waals surface area contributed by atoms with Crippen molar-refractivity contribution in [2.24, 2.45) is 0 Å². The SMILES string of the molecule is CCCNC(C)CCN1CCC(N2CCOCC2)C1. The third kappa shape index (κ3) is 5.03. The van der Waals surface area contributed by atoms with Crippen LogP contribution >= 0.6 is 0 Å². The molecule has 4 nitrogen and oxygen atoms in total. The molecule has 0 bridgehead atoms. The highest BCUT2D eigenvalue weighted by Gasteiger charge is 2.28. The molecular weight excluding hydrogens is 238 g/mol. The van der Waals surface area contributed by atoms with E-state index in [0.29, 0.717) is 6.04 Å². The van der Waals surface area contributed by atoms with Gasteiger partial charge in [0.05, 0.1) is 13.2 Å². The van der Waals surface area contributed by atoms with Crippen LogP contribution in [0.2, 0.25) is 0 Å². The van der Waals surface area contributed by atoms with Crippen molar-refractivity contribution in [2.45, 2.75) is 45.2 Å². The fraction of sp³-hybridized carbons (Fsp3) is 1.00. The van der Waals surface area contributed by atoms with Crippen LogP contribution in [0.5, 0.6) is 0 Å². The van der Waals surface area contributed by atoms with Gasteiger partial charge in [-0.05, 0) is 45.8 Å². The minimum Gasteiger partial charge on any atom is -0.379 e. The zero-order valence-corrected chi connectivity index (χ0v) is 12.7. The van der Waals surface area contributed by atoms with E-state index in [1.54, 1.807) is 0 Å². The molecule has 112 valence electrons. The van der Waals surface area contributed by atoms with Gasteiger partial charge in [0.2, 0.25) is 0 Å². The molecule has 0 amide bonds. The van der Waals surface area contributed by atoms with Crippen molar-refractivity contribution in [3.8, 4) is 0 Å². The minimum absolute atomic E-state index is 0.655. The summed E-state index contributed by atoms with van der Waals surface area (Å²) in [7, 11) is 0. The van der Waals surface area contributed by atoms with E-state index in [-0.39, 0.29) is 0 Å². The lowest BCUT2D eigenvalue weighted by atomic mass is 10.2. The molecule has 2 unspecified atom stereocenters. The first kappa shape index (κ1) is 15.2. The van der Waals surface area contributed by atoms with Crippen molar-refractivity contribution in [2.75, 3.05) is 52.5 Å². The Labute approximate surface area is 118 Å². The van der Waals surface area contributed by atoms with Gasteiger partial charge in [0.25, 0.3) is 0 Å². The van der Waals surface area contributed by atoms with E-state index in [1.807, 2.05) is 0 Å². The Hall–Kier alpha value is -0.160. The number of hydrogen-bond donors (Lipinski definition) is 1. The Morgan fingerprint density at radius 1 is 1.26 bits per heavy atom. The summed E-state index contributed by atoms with van der Waals surface area (Å²) in [4.78, 5) is 5.27. The fourth-order valence-corrected chi connectivity index (χ4v) is 3.12. The van der Waals surface area contributed by atoms with Gasteiger partial charge in [0.1, 0.15) is 0 Å². The number of hydrogen-bond acceptors (Lipinski definition) is 4. The van der Waals surface area contributed by atoms with E-state index < -0.39 is 0 Å². The van der Waals surface area contributed by atoms with Crippen LogP contribution in [-0.4, -0.2) is 74.4 Å². The normalized spacial score (nSPS) is 27.8. The zero-order chi connectivity index (χ0) is 13.5. The van der Waals surface area contributed by atoms with Crippen LogP contribution in [0.3, 0.4) is 0 Å². The summed E-state index contributed by atoms with van der Waals surface area (Å²) in [6, 6.07) is 1.44. The number of morpholine rings is 1. The van der Waals surface area contributed by atoms with Crippen molar-refractivity contribution < 1.29 is 4.74 Å². The maximum atomic E-state index is 5.44. The average molecular weight is 269 g/mol. The first-order valence-electron chi connectivity index (χ1n) is 8.07. The molecule has 0 aromatic heterocycles. The molecule has 2 atom stereocenters. The Bertz CT molecular complexity index is 244. The van der Waals surface area contributed by atoms with E-state index in [0.717, 1.165) is 38.9 Å². The lowest BCUT2D eigenvalue weighted by molar-refractivity contribution is 0.0185. The van der Waals surface area contributed by atoms with E-state index in [9.17, 15) is 0 Å². The second kappa shape index (κ2) is 8.20. The van der Waals surface area contributed by atoms with E-state index in [2.05, 4.69) is 29.0 Å². The largest absolute Gasteiger partial charge is 0.379 e. The molecule has 2 fully saturated rings. The number of likely N-dealkylation sites (tertiary alicyclic amines) is 1. The third-order valence-electron chi connectivity index (χ3n) is 4.43. The predicted molar refractivity (Wildman–Crippen MR) is 79.6 cm³/mol. The van der Waals surface area contributed by atoms with Crippen molar-refractivity contribution in [3.63, 3.8) is 0 Å². The van der Waals surface area contributed by atoms with E-state index >= 15 is 0 Å². The summed E-state index contributed by atoms with van der Waals surface area (Å²) in [6.07, 6.45) is 3.85. The summed E-state index contributed by atoms with van der Waals surface area (Å²) >= 11 is 0. The lowest BCUT2D eigenvalue weighted by Gasteiger charge is -2.32. The topological polar surface area (TPSA) is 27.7 Å². The van der Waals surface area contributed by atoms with Gasteiger partial charge in [-0.3, -0.25) is 4.90 Å². The number of nitrogens with one attached hydrogen (secondary N) is 1. The molecule has 0 aromatic carbocycles. The standard InChI is InChI=1S/C15H31N3O/c1-3-6-16-14(2)4-7-17-8-5-15(13-17)18-9-11-19-12-10-18/h14-16H,3-13H2,1-2H3. The molecule has 2 aliphatic rings. The smallest absolute Gasteiger partial charge is 0.0594 e. The van der Waals surface area contributed by atoms with Gasteiger partial charge in [-0.25, -0.2) is 0 Å². The molecule has 2 heterocycles. The first-order chi connectivity index (χ1) is 9.29. The first-order valence-corrected chi connectivity index (χ1v) is 8.07. The molecule has 0 aromatic rings. The summed E-state index contributed by atoms with van der Waals surface area (Å²) in [5.74, 6) is 0. The van der Waals surface area contributed by atoms with Gasteiger partial charge >= 0.3 is 0 Å². The van der Waals surface area contributed by atoms with Gasteiger partial charge in [0, 0.05) is 31.7 Å². The second-order valence-electron chi connectivity index (χ2n) is 6.04. The molecular formula is C15H31N3O. The molecule has 4 heteroatoms. The van der Waals surface area contributed by atoms with Gasteiger partial charge in [-0.1, -0.05) is 6.92 Å². The summed E-state index contributed by atoms with van der Waals surface area (Å²) < 4.78 is 5.44. The second-order valence-corrected chi connectivity index (χ2v) is 6.04. The molecule has 0 aliphatic carbocycles. The van der Waals surface area contributed by atoms with E-state index in [4.69, 9.17) is 4.74 Å². The maximum absolute atomic E-state index is 5.44. The van der Waals surface area contributed by atoms with Crippen LogP contribution in [0, 0.1) is 0 Å². The third-order valence-corrected chi connectivity index (χ3v) is 4.43. The van der Waals surface area contributed by atoms with Crippen molar-refractivity contribution in [1.29, 1.82) is 0 Å². The highest BCUT2D eigenvalue weighted by atomic mass is 16.5. The minimum atomic E-state index is 0.655. The van der Waals surface area contributed by atoms with Crippen LogP contribution in [0.25, 0.3) is 0 Å².